The van der Waals surface area contributed by atoms with Crippen molar-refractivity contribution < 1.29 is 23.4 Å². The van der Waals surface area contributed by atoms with Gasteiger partial charge in [0.1, 0.15) is 11.5 Å². The number of phenolic OH excluding ortho intramolecular Hbond substituents is 2. The van der Waals surface area contributed by atoms with Crippen LogP contribution < -0.4 is 5.43 Å². The summed E-state index contributed by atoms with van der Waals surface area (Å²) in [4.78, 5) is 0. The quantitative estimate of drug-likeness (QED) is 0.583. The van der Waals surface area contributed by atoms with E-state index in [0.29, 0.717) is 5.56 Å². The average molecular weight is 331 g/mol. The van der Waals surface area contributed by atoms with Crippen molar-refractivity contribution in [2.75, 3.05) is 5.43 Å². The second-order valence-electron chi connectivity index (χ2n) is 4.31. The first-order chi connectivity index (χ1) is 10.3. The second kappa shape index (κ2) is 6.15. The lowest BCUT2D eigenvalue weighted by atomic mass is 10.2. The monoisotopic (exact) mass is 330 g/mol. The molecule has 2 rings (SSSR count). The van der Waals surface area contributed by atoms with E-state index in [2.05, 4.69) is 10.5 Å². The number of nitrogens with zero attached hydrogens (tertiary/aromatic N) is 1. The largest absolute Gasteiger partial charge is 0.508 e. The molecule has 0 saturated carbocycles. The van der Waals surface area contributed by atoms with Gasteiger partial charge in [-0.2, -0.15) is 18.3 Å². The number of nitrogens with one attached hydrogen (secondary N) is 1. The fourth-order valence-electron chi connectivity index (χ4n) is 1.59. The molecule has 2 aromatic rings. The van der Waals surface area contributed by atoms with E-state index in [9.17, 15) is 18.3 Å². The maximum Gasteiger partial charge on any atom is 0.416 e. The van der Waals surface area contributed by atoms with Gasteiger partial charge in [0.2, 0.25) is 0 Å². The van der Waals surface area contributed by atoms with Gasteiger partial charge in [0.15, 0.2) is 0 Å². The van der Waals surface area contributed by atoms with Crippen LogP contribution in [0.1, 0.15) is 11.1 Å². The Morgan fingerprint density at radius 3 is 2.41 bits per heavy atom. The number of halogens is 4. The number of hydrazone groups is 1. The standard InChI is InChI=1S/C14H10ClF3N2O2/c15-11-5-9(14(16,17)18)2-4-12(11)20-19-7-8-1-3-10(21)6-13(8)22/h1-7,20-22H. The van der Waals surface area contributed by atoms with Crippen LogP contribution in [-0.2, 0) is 6.18 Å². The molecular formula is C14H10ClF3N2O2. The van der Waals surface area contributed by atoms with E-state index in [4.69, 9.17) is 16.7 Å². The summed E-state index contributed by atoms with van der Waals surface area (Å²) in [5.74, 6) is -0.294. The van der Waals surface area contributed by atoms with Gasteiger partial charge in [0.25, 0.3) is 0 Å². The maximum absolute atomic E-state index is 12.5. The molecule has 0 unspecified atom stereocenters. The van der Waals surface area contributed by atoms with Gasteiger partial charge in [0, 0.05) is 11.6 Å². The maximum atomic E-state index is 12.5. The smallest absolute Gasteiger partial charge is 0.416 e. The van der Waals surface area contributed by atoms with Gasteiger partial charge in [0.05, 0.1) is 22.5 Å². The number of alkyl halides is 3. The molecule has 0 aliphatic heterocycles. The van der Waals surface area contributed by atoms with E-state index < -0.39 is 11.7 Å². The fraction of sp³-hybridized carbons (Fsp3) is 0.0714. The van der Waals surface area contributed by atoms with Crippen LogP contribution in [0.25, 0.3) is 0 Å². The van der Waals surface area contributed by atoms with Crippen molar-refractivity contribution in [1.29, 1.82) is 0 Å². The van der Waals surface area contributed by atoms with Crippen molar-refractivity contribution >= 4 is 23.5 Å². The van der Waals surface area contributed by atoms with Gasteiger partial charge in [-0.1, -0.05) is 11.6 Å². The van der Waals surface area contributed by atoms with Crippen LogP contribution in [-0.4, -0.2) is 16.4 Å². The first-order valence-corrected chi connectivity index (χ1v) is 6.33. The number of aromatic hydroxyl groups is 2. The minimum absolute atomic E-state index is 0.103. The van der Waals surface area contributed by atoms with E-state index in [1.165, 1.54) is 18.3 Å². The van der Waals surface area contributed by atoms with Crippen LogP contribution in [0.15, 0.2) is 41.5 Å². The van der Waals surface area contributed by atoms with E-state index in [1.807, 2.05) is 0 Å². The van der Waals surface area contributed by atoms with Crippen molar-refractivity contribution in [3.8, 4) is 11.5 Å². The Morgan fingerprint density at radius 2 is 1.82 bits per heavy atom. The van der Waals surface area contributed by atoms with Crippen molar-refractivity contribution in [1.82, 2.24) is 0 Å². The van der Waals surface area contributed by atoms with Crippen LogP contribution in [0.3, 0.4) is 0 Å². The predicted octanol–water partition coefficient (Wildman–Crippen LogP) is 4.22. The van der Waals surface area contributed by atoms with Crippen molar-refractivity contribution in [2.24, 2.45) is 5.10 Å². The molecule has 3 N–H and O–H groups in total. The lowest BCUT2D eigenvalue weighted by Gasteiger charge is -2.09. The highest BCUT2D eigenvalue weighted by Crippen LogP contribution is 2.33. The molecule has 4 nitrogen and oxygen atoms in total. The highest BCUT2D eigenvalue weighted by atomic mass is 35.5. The molecule has 0 aromatic heterocycles. The Morgan fingerprint density at radius 1 is 1.09 bits per heavy atom. The Hall–Kier alpha value is -2.41. The molecule has 22 heavy (non-hydrogen) atoms. The first-order valence-electron chi connectivity index (χ1n) is 5.95. The van der Waals surface area contributed by atoms with E-state index in [1.54, 1.807) is 0 Å². The van der Waals surface area contributed by atoms with E-state index in [-0.39, 0.29) is 22.2 Å². The normalized spacial score (nSPS) is 11.8. The molecule has 0 bridgehead atoms. The summed E-state index contributed by atoms with van der Waals surface area (Å²) in [6.07, 6.45) is -3.23. The zero-order valence-electron chi connectivity index (χ0n) is 10.9. The van der Waals surface area contributed by atoms with Crippen LogP contribution >= 0.6 is 11.6 Å². The number of anilines is 1. The molecule has 0 fully saturated rings. The highest BCUT2D eigenvalue weighted by Gasteiger charge is 2.30. The van der Waals surface area contributed by atoms with Crippen LogP contribution in [0.4, 0.5) is 18.9 Å². The summed E-state index contributed by atoms with van der Waals surface area (Å²) in [5.41, 5.74) is 2.12. The van der Waals surface area contributed by atoms with Gasteiger partial charge in [-0.15, -0.1) is 0 Å². The van der Waals surface area contributed by atoms with E-state index in [0.717, 1.165) is 24.3 Å². The van der Waals surface area contributed by atoms with Crippen LogP contribution in [0.5, 0.6) is 11.5 Å². The summed E-state index contributed by atoms with van der Waals surface area (Å²) in [7, 11) is 0. The van der Waals surface area contributed by atoms with Crippen molar-refractivity contribution in [3.05, 3.63) is 52.5 Å². The zero-order chi connectivity index (χ0) is 16.3. The van der Waals surface area contributed by atoms with E-state index >= 15 is 0 Å². The molecule has 0 atom stereocenters. The van der Waals surface area contributed by atoms with Gasteiger partial charge >= 0.3 is 6.18 Å². The third kappa shape index (κ3) is 3.82. The molecule has 0 aliphatic carbocycles. The third-order valence-electron chi connectivity index (χ3n) is 2.70. The zero-order valence-corrected chi connectivity index (χ0v) is 11.7. The first kappa shape index (κ1) is 16.0. The summed E-state index contributed by atoms with van der Waals surface area (Å²) in [6.45, 7) is 0. The molecule has 0 aliphatic rings. The predicted molar refractivity (Wildman–Crippen MR) is 77.4 cm³/mol. The molecule has 116 valence electrons. The SMILES string of the molecule is Oc1ccc(C=NNc2ccc(C(F)(F)F)cc2Cl)c(O)c1. The summed E-state index contributed by atoms with van der Waals surface area (Å²) in [5, 5.41) is 22.3. The number of hydrogen-bond donors (Lipinski definition) is 3. The molecule has 2 aromatic carbocycles. The van der Waals surface area contributed by atoms with Crippen molar-refractivity contribution in [3.63, 3.8) is 0 Å². The molecule has 0 saturated heterocycles. The van der Waals surface area contributed by atoms with Gasteiger partial charge in [-0.25, -0.2) is 0 Å². The second-order valence-corrected chi connectivity index (χ2v) is 4.71. The molecule has 0 heterocycles. The average Bonchev–Trinajstić information content (AvgIpc) is 2.41. The topological polar surface area (TPSA) is 64.9 Å². The Kier molecular flexibility index (Phi) is 4.46. The number of hydrogen-bond acceptors (Lipinski definition) is 4. The lowest BCUT2D eigenvalue weighted by Crippen LogP contribution is -2.05. The Labute approximate surface area is 128 Å². The molecule has 0 radical (unpaired) electrons. The van der Waals surface area contributed by atoms with Gasteiger partial charge < -0.3 is 10.2 Å². The fourth-order valence-corrected chi connectivity index (χ4v) is 1.82. The highest BCUT2D eigenvalue weighted by molar-refractivity contribution is 6.33. The number of rotatable bonds is 3. The molecule has 0 spiro atoms. The van der Waals surface area contributed by atoms with Crippen LogP contribution in [0, 0.1) is 0 Å². The van der Waals surface area contributed by atoms with Gasteiger partial charge in [-0.3, -0.25) is 5.43 Å². The van der Waals surface area contributed by atoms with Crippen LogP contribution in [0.2, 0.25) is 5.02 Å². The Bertz CT molecular complexity index is 718. The minimum Gasteiger partial charge on any atom is -0.508 e. The number of benzene rings is 2. The number of phenols is 2. The molecule has 8 heteroatoms. The van der Waals surface area contributed by atoms with Gasteiger partial charge in [-0.05, 0) is 30.3 Å². The molecule has 0 amide bonds. The third-order valence-corrected chi connectivity index (χ3v) is 3.01. The van der Waals surface area contributed by atoms with Crippen molar-refractivity contribution in [2.45, 2.75) is 6.18 Å². The summed E-state index contributed by atoms with van der Waals surface area (Å²) >= 11 is 5.75. The minimum atomic E-state index is -4.47. The molecular weight excluding hydrogens is 321 g/mol. The Balaban J connectivity index is 2.13. The lowest BCUT2D eigenvalue weighted by molar-refractivity contribution is -0.137. The summed E-state index contributed by atoms with van der Waals surface area (Å²) in [6, 6.07) is 6.72. The summed E-state index contributed by atoms with van der Waals surface area (Å²) < 4.78 is 37.5.